The molecule has 0 radical (unpaired) electrons. The van der Waals surface area contributed by atoms with Crippen molar-refractivity contribution < 1.29 is 27.5 Å². The number of esters is 1. The minimum absolute atomic E-state index is 0.128. The fourth-order valence-corrected chi connectivity index (χ4v) is 4.36. The molecule has 1 saturated heterocycles. The second kappa shape index (κ2) is 9.84. The van der Waals surface area contributed by atoms with Crippen LogP contribution in [0.15, 0.2) is 36.4 Å². The van der Waals surface area contributed by atoms with E-state index in [1.807, 2.05) is 30.3 Å². The van der Waals surface area contributed by atoms with E-state index in [0.717, 1.165) is 12.0 Å². The van der Waals surface area contributed by atoms with E-state index in [4.69, 9.17) is 22.8 Å². The number of epoxide rings is 1. The summed E-state index contributed by atoms with van der Waals surface area (Å²) in [5.41, 5.74) is 0.965. The fraction of sp³-hybridized carbons (Fsp3) is 0.500. The Hall–Kier alpha value is -1.51. The molecule has 0 N–H and O–H groups in total. The largest absolute Gasteiger partial charge is 0.500 e. The minimum atomic E-state index is -2.54. The highest BCUT2D eigenvalue weighted by atomic mass is 28.4. The number of hydrogen-bond donors (Lipinski definition) is 0. The Bertz CT molecular complexity index is 550. The van der Waals surface area contributed by atoms with Crippen LogP contribution in [-0.2, 0) is 27.5 Å². The van der Waals surface area contributed by atoms with Crippen LogP contribution < -0.4 is 0 Å². The van der Waals surface area contributed by atoms with Crippen molar-refractivity contribution in [1.82, 2.24) is 0 Å². The average molecular weight is 366 g/mol. The summed E-state index contributed by atoms with van der Waals surface area (Å²) in [6, 6.07) is 10.3. The lowest BCUT2D eigenvalue weighted by atomic mass is 10.2. The second-order valence-electron chi connectivity index (χ2n) is 5.75. The lowest BCUT2D eigenvalue weighted by Crippen LogP contribution is -2.42. The average Bonchev–Trinajstić information content (AvgIpc) is 3.41. The number of carbonyl (C=O) groups excluding carboxylic acids is 1. The highest BCUT2D eigenvalue weighted by Gasteiger charge is 2.44. The topological polar surface area (TPSA) is 66.5 Å². The van der Waals surface area contributed by atoms with E-state index in [1.54, 1.807) is 27.4 Å². The summed E-state index contributed by atoms with van der Waals surface area (Å²) in [6.07, 6.45) is 4.97. The van der Waals surface area contributed by atoms with Crippen LogP contribution in [-0.4, -0.2) is 54.9 Å². The molecule has 25 heavy (non-hydrogen) atoms. The Morgan fingerprint density at radius 3 is 2.36 bits per heavy atom. The third kappa shape index (κ3) is 6.37. The molecular formula is C18H26O6Si. The molecule has 1 aromatic carbocycles. The lowest BCUT2D eigenvalue weighted by molar-refractivity contribution is -0.137. The molecule has 1 aliphatic rings. The fourth-order valence-electron chi connectivity index (χ4n) is 2.61. The van der Waals surface area contributed by atoms with Gasteiger partial charge in [0.1, 0.15) is 0 Å². The minimum Gasteiger partial charge on any atom is -0.462 e. The number of ether oxygens (including phenoxy) is 2. The molecule has 1 fully saturated rings. The molecule has 1 aromatic rings. The number of hydrogen-bond acceptors (Lipinski definition) is 6. The number of benzene rings is 1. The summed E-state index contributed by atoms with van der Waals surface area (Å²) in [6.45, 7) is 0.348. The zero-order valence-electron chi connectivity index (χ0n) is 15.0. The van der Waals surface area contributed by atoms with Gasteiger partial charge in [-0.3, -0.25) is 0 Å². The predicted molar refractivity (Wildman–Crippen MR) is 95.9 cm³/mol. The number of carbonyl (C=O) groups is 1. The highest BCUT2D eigenvalue weighted by molar-refractivity contribution is 6.60. The SMILES string of the molecule is CO[Si](CCC1OC1CCOC(=O)/C=C/c1ccccc1)(OC)OC. The zero-order valence-corrected chi connectivity index (χ0v) is 16.0. The summed E-state index contributed by atoms with van der Waals surface area (Å²) in [7, 11) is 2.28. The van der Waals surface area contributed by atoms with Crippen molar-refractivity contribution in [2.24, 2.45) is 0 Å². The Morgan fingerprint density at radius 2 is 1.72 bits per heavy atom. The van der Waals surface area contributed by atoms with Crippen LogP contribution in [0.1, 0.15) is 18.4 Å². The van der Waals surface area contributed by atoms with Crippen molar-refractivity contribution in [2.75, 3.05) is 27.9 Å². The quantitative estimate of drug-likeness (QED) is 0.260. The standard InChI is InChI=1S/C18H26O6Si/c1-20-25(21-2,22-3)14-12-17-16(24-17)11-13-23-18(19)10-9-15-7-5-4-6-8-15/h4-10,16-17H,11-14H2,1-3H3/b10-9+. The van der Waals surface area contributed by atoms with Gasteiger partial charge in [0.15, 0.2) is 0 Å². The molecule has 7 heteroatoms. The smallest absolute Gasteiger partial charge is 0.462 e. The first-order valence-electron chi connectivity index (χ1n) is 8.33. The molecule has 1 aliphatic heterocycles. The highest BCUT2D eigenvalue weighted by Crippen LogP contribution is 2.32. The van der Waals surface area contributed by atoms with Crippen LogP contribution in [0.4, 0.5) is 0 Å². The van der Waals surface area contributed by atoms with Gasteiger partial charge in [-0.05, 0) is 18.1 Å². The molecule has 0 aromatic heterocycles. The van der Waals surface area contributed by atoms with Crippen molar-refractivity contribution in [3.05, 3.63) is 42.0 Å². The Balaban J connectivity index is 1.60. The molecule has 2 unspecified atom stereocenters. The number of rotatable bonds is 11. The van der Waals surface area contributed by atoms with Crippen molar-refractivity contribution in [2.45, 2.75) is 31.1 Å². The van der Waals surface area contributed by atoms with Crippen LogP contribution in [0.5, 0.6) is 0 Å². The maximum absolute atomic E-state index is 11.7. The molecule has 2 atom stereocenters. The van der Waals surface area contributed by atoms with Gasteiger partial charge in [0.25, 0.3) is 0 Å². The van der Waals surface area contributed by atoms with Gasteiger partial charge < -0.3 is 22.8 Å². The predicted octanol–water partition coefficient (Wildman–Crippen LogP) is 2.67. The van der Waals surface area contributed by atoms with Crippen LogP contribution in [0, 0.1) is 0 Å². The van der Waals surface area contributed by atoms with E-state index in [2.05, 4.69) is 0 Å². The van der Waals surface area contributed by atoms with Crippen LogP contribution in [0.3, 0.4) is 0 Å². The van der Waals surface area contributed by atoms with E-state index < -0.39 is 8.80 Å². The van der Waals surface area contributed by atoms with Crippen LogP contribution in [0.2, 0.25) is 6.04 Å². The molecule has 0 amide bonds. The van der Waals surface area contributed by atoms with E-state index in [-0.39, 0.29) is 18.2 Å². The Labute approximate surface area is 150 Å². The van der Waals surface area contributed by atoms with E-state index in [0.29, 0.717) is 19.1 Å². The van der Waals surface area contributed by atoms with Gasteiger partial charge >= 0.3 is 14.8 Å². The summed E-state index contributed by atoms with van der Waals surface area (Å²) in [4.78, 5) is 11.7. The lowest BCUT2D eigenvalue weighted by Gasteiger charge is -2.23. The third-order valence-corrected chi connectivity index (χ3v) is 6.98. The van der Waals surface area contributed by atoms with Gasteiger partial charge in [-0.15, -0.1) is 0 Å². The van der Waals surface area contributed by atoms with Gasteiger partial charge in [0, 0.05) is 39.9 Å². The molecule has 138 valence electrons. The first-order chi connectivity index (χ1) is 12.1. The first-order valence-corrected chi connectivity index (χ1v) is 10.3. The van der Waals surface area contributed by atoms with Crippen molar-refractivity contribution in [1.29, 1.82) is 0 Å². The van der Waals surface area contributed by atoms with Crippen molar-refractivity contribution >= 4 is 20.8 Å². The summed E-state index contributed by atoms with van der Waals surface area (Å²) in [5, 5.41) is 0. The molecule has 0 aliphatic carbocycles. The molecule has 0 spiro atoms. The van der Waals surface area contributed by atoms with Crippen molar-refractivity contribution in [3.63, 3.8) is 0 Å². The van der Waals surface area contributed by atoms with Gasteiger partial charge in [0.2, 0.25) is 0 Å². The normalized spacial score (nSPS) is 20.0. The summed E-state index contributed by atoms with van der Waals surface area (Å²) < 4.78 is 27.0. The maximum atomic E-state index is 11.7. The van der Waals surface area contributed by atoms with Crippen molar-refractivity contribution in [3.8, 4) is 0 Å². The van der Waals surface area contributed by atoms with Gasteiger partial charge in [0.05, 0.1) is 18.8 Å². The Morgan fingerprint density at radius 1 is 1.08 bits per heavy atom. The van der Waals surface area contributed by atoms with Gasteiger partial charge in [-0.25, -0.2) is 4.79 Å². The molecule has 0 bridgehead atoms. The zero-order chi connectivity index (χ0) is 18.1. The molecule has 0 saturated carbocycles. The molecule has 2 rings (SSSR count). The second-order valence-corrected chi connectivity index (χ2v) is 8.84. The van der Waals surface area contributed by atoms with E-state index in [1.165, 1.54) is 6.08 Å². The van der Waals surface area contributed by atoms with Crippen LogP contribution in [0.25, 0.3) is 6.08 Å². The van der Waals surface area contributed by atoms with Gasteiger partial charge in [-0.2, -0.15) is 0 Å². The van der Waals surface area contributed by atoms with Crippen LogP contribution >= 0.6 is 0 Å². The molecule has 1 heterocycles. The van der Waals surface area contributed by atoms with E-state index >= 15 is 0 Å². The Kier molecular flexibility index (Phi) is 7.79. The summed E-state index contributed by atoms with van der Waals surface area (Å²) >= 11 is 0. The monoisotopic (exact) mass is 366 g/mol. The molecular weight excluding hydrogens is 340 g/mol. The van der Waals surface area contributed by atoms with Gasteiger partial charge in [-0.1, -0.05) is 30.3 Å². The summed E-state index contributed by atoms with van der Waals surface area (Å²) in [5.74, 6) is -0.342. The maximum Gasteiger partial charge on any atom is 0.500 e. The first kappa shape index (κ1) is 19.8. The van der Waals surface area contributed by atoms with E-state index in [9.17, 15) is 4.79 Å². The third-order valence-electron chi connectivity index (χ3n) is 4.21. The molecule has 6 nitrogen and oxygen atoms in total.